The van der Waals surface area contributed by atoms with E-state index in [2.05, 4.69) is 115 Å². The second kappa shape index (κ2) is 13.3. The number of fused-ring (bicyclic) bond motifs is 6. The van der Waals surface area contributed by atoms with Crippen molar-refractivity contribution in [2.45, 2.75) is 0 Å². The Balaban J connectivity index is 1.18. The summed E-state index contributed by atoms with van der Waals surface area (Å²) in [5.41, 5.74) is 11.3. The summed E-state index contributed by atoms with van der Waals surface area (Å²) in [7, 11) is 0. The van der Waals surface area contributed by atoms with Crippen LogP contribution in [0.5, 0.6) is 0 Å². The number of thiophene rings is 1. The van der Waals surface area contributed by atoms with Crippen LogP contribution in [0.4, 0.5) is 0 Å². The molecule has 0 aliphatic heterocycles. The van der Waals surface area contributed by atoms with Gasteiger partial charge in [-0.2, -0.15) is 0 Å². The van der Waals surface area contributed by atoms with Crippen molar-refractivity contribution >= 4 is 53.4 Å². The second-order valence-electron chi connectivity index (χ2n) is 13.9. The highest BCUT2D eigenvalue weighted by molar-refractivity contribution is 7.26. The Kier molecular flexibility index (Phi) is 7.64. The van der Waals surface area contributed by atoms with Crippen molar-refractivity contribution in [1.29, 1.82) is 0 Å². The average Bonchev–Trinajstić information content (AvgIpc) is 3.86. The molecule has 0 saturated heterocycles. The topological polar surface area (TPSA) is 51.8 Å². The van der Waals surface area contributed by atoms with Crippen molar-refractivity contribution in [3.63, 3.8) is 0 Å². The van der Waals surface area contributed by atoms with Gasteiger partial charge in [0, 0.05) is 53.2 Å². The summed E-state index contributed by atoms with van der Waals surface area (Å²) >= 11 is 1.85. The van der Waals surface area contributed by atoms with Crippen LogP contribution in [0.1, 0.15) is 0 Å². The van der Waals surface area contributed by atoms with E-state index in [4.69, 9.17) is 19.4 Å². The van der Waals surface area contributed by atoms with Crippen molar-refractivity contribution in [1.82, 2.24) is 15.0 Å². The van der Waals surface area contributed by atoms with Gasteiger partial charge in [0.05, 0.1) is 0 Å². The summed E-state index contributed by atoms with van der Waals surface area (Å²) in [6.07, 6.45) is 0. The highest BCUT2D eigenvalue weighted by atomic mass is 32.1. The van der Waals surface area contributed by atoms with E-state index in [9.17, 15) is 0 Å². The molecule has 56 heavy (non-hydrogen) atoms. The van der Waals surface area contributed by atoms with Crippen LogP contribution < -0.4 is 0 Å². The molecule has 262 valence electrons. The van der Waals surface area contributed by atoms with Crippen molar-refractivity contribution in [2.75, 3.05) is 0 Å². The molecule has 0 bridgehead atoms. The molecule has 0 aliphatic carbocycles. The molecule has 0 fully saturated rings. The van der Waals surface area contributed by atoms with Crippen molar-refractivity contribution in [3.05, 3.63) is 188 Å². The lowest BCUT2D eigenvalue weighted by Gasteiger charge is -2.18. The lowest BCUT2D eigenvalue weighted by Crippen LogP contribution is -2.00. The number of para-hydroxylation sites is 1. The first-order valence-corrected chi connectivity index (χ1v) is 19.5. The van der Waals surface area contributed by atoms with E-state index >= 15 is 0 Å². The fraction of sp³-hybridized carbons (Fsp3) is 0. The summed E-state index contributed by atoms with van der Waals surface area (Å²) in [6.45, 7) is 0. The highest BCUT2D eigenvalue weighted by Gasteiger charge is 2.22. The molecule has 5 heteroatoms. The SMILES string of the molecule is c1ccc(-c2nc(-c3ccccc3)nc(-c3cccc(-c4c(-c5cccc6c5sc5ccccc56)cccc4-c4cccc5oc6ccccc6c45)c3)n2)cc1. The molecule has 3 aromatic heterocycles. The van der Waals surface area contributed by atoms with E-state index in [-0.39, 0.29) is 0 Å². The number of nitrogens with zero attached hydrogens (tertiary/aromatic N) is 3. The molecule has 0 unspecified atom stereocenters. The van der Waals surface area contributed by atoms with E-state index in [0.717, 1.165) is 66.4 Å². The molecule has 0 N–H and O–H groups in total. The Labute approximate surface area is 327 Å². The van der Waals surface area contributed by atoms with Crippen molar-refractivity contribution in [2.24, 2.45) is 0 Å². The Morgan fingerprint density at radius 2 is 0.857 bits per heavy atom. The molecule has 0 spiro atoms. The minimum Gasteiger partial charge on any atom is -0.456 e. The third-order valence-electron chi connectivity index (χ3n) is 10.6. The standard InChI is InChI=1S/C51H31N3OS/c1-3-15-32(16-4-1)49-52-50(33-17-5-2-6-18-33)54-51(53-49)35-20-11-19-34(31-35)46-37(38-25-14-29-44-47(38)42-22-7-9-28-43(42)55-44)23-12-24-39(46)41-27-13-26-40-36-21-8-10-30-45(36)56-48(40)41/h1-31H. The first-order valence-electron chi connectivity index (χ1n) is 18.7. The lowest BCUT2D eigenvalue weighted by molar-refractivity contribution is 0.669. The molecule has 0 radical (unpaired) electrons. The minimum atomic E-state index is 0.619. The molecule has 0 atom stereocenters. The third kappa shape index (κ3) is 5.40. The highest BCUT2D eigenvalue weighted by Crippen LogP contribution is 2.48. The minimum absolute atomic E-state index is 0.619. The molecule has 8 aromatic carbocycles. The van der Waals surface area contributed by atoms with E-state index in [0.29, 0.717) is 17.5 Å². The molecular formula is C51H31N3OS. The molecule has 0 amide bonds. The van der Waals surface area contributed by atoms with Crippen LogP contribution in [0, 0.1) is 0 Å². The van der Waals surface area contributed by atoms with E-state index in [1.54, 1.807) is 0 Å². The van der Waals surface area contributed by atoms with Gasteiger partial charge >= 0.3 is 0 Å². The van der Waals surface area contributed by atoms with Gasteiger partial charge in [-0.05, 0) is 52.1 Å². The lowest BCUT2D eigenvalue weighted by atomic mass is 9.85. The number of hydrogen-bond acceptors (Lipinski definition) is 5. The number of aromatic nitrogens is 3. The maximum atomic E-state index is 6.42. The number of benzene rings is 8. The van der Waals surface area contributed by atoms with Crippen LogP contribution in [0.15, 0.2) is 192 Å². The Morgan fingerprint density at radius 3 is 1.62 bits per heavy atom. The van der Waals surface area contributed by atoms with Crippen molar-refractivity contribution < 1.29 is 4.42 Å². The second-order valence-corrected chi connectivity index (χ2v) is 15.0. The summed E-state index contributed by atoms with van der Waals surface area (Å²) in [5.74, 6) is 1.89. The normalized spacial score (nSPS) is 11.6. The molecule has 0 aliphatic rings. The monoisotopic (exact) mass is 733 g/mol. The predicted molar refractivity (Wildman–Crippen MR) is 233 cm³/mol. The molecule has 3 heterocycles. The summed E-state index contributed by atoms with van der Waals surface area (Å²) in [4.78, 5) is 15.1. The smallest absolute Gasteiger partial charge is 0.164 e. The number of rotatable bonds is 6. The zero-order chi connectivity index (χ0) is 37.0. The zero-order valence-corrected chi connectivity index (χ0v) is 30.9. The van der Waals surface area contributed by atoms with E-state index in [1.807, 2.05) is 84.1 Å². The van der Waals surface area contributed by atoms with Crippen LogP contribution in [0.25, 0.3) is 110 Å². The van der Waals surface area contributed by atoms with Crippen LogP contribution in [0.2, 0.25) is 0 Å². The number of hydrogen-bond donors (Lipinski definition) is 0. The molecule has 11 rings (SSSR count). The van der Waals surface area contributed by atoms with Crippen LogP contribution in [-0.2, 0) is 0 Å². The predicted octanol–water partition coefficient (Wildman–Crippen LogP) is 14.1. The maximum absolute atomic E-state index is 6.42. The average molecular weight is 734 g/mol. The molecule has 4 nitrogen and oxygen atoms in total. The van der Waals surface area contributed by atoms with Crippen molar-refractivity contribution in [3.8, 4) is 67.5 Å². The van der Waals surface area contributed by atoms with Crippen LogP contribution in [-0.4, -0.2) is 15.0 Å². The van der Waals surface area contributed by atoms with Gasteiger partial charge in [0.2, 0.25) is 0 Å². The zero-order valence-electron chi connectivity index (χ0n) is 30.1. The van der Waals surface area contributed by atoms with Gasteiger partial charge in [0.15, 0.2) is 17.5 Å². The first kappa shape index (κ1) is 32.2. The summed E-state index contributed by atoms with van der Waals surface area (Å²) < 4.78 is 8.97. The fourth-order valence-corrected chi connectivity index (χ4v) is 9.25. The largest absolute Gasteiger partial charge is 0.456 e. The van der Waals surface area contributed by atoms with Gasteiger partial charge in [0.25, 0.3) is 0 Å². The quantitative estimate of drug-likeness (QED) is 0.171. The molecule has 11 aromatic rings. The maximum Gasteiger partial charge on any atom is 0.164 e. The fourth-order valence-electron chi connectivity index (χ4n) is 8.02. The Bertz CT molecular complexity index is 3200. The van der Waals surface area contributed by atoms with Gasteiger partial charge in [0.1, 0.15) is 11.2 Å². The van der Waals surface area contributed by atoms with Crippen LogP contribution in [0.3, 0.4) is 0 Å². The van der Waals surface area contributed by atoms with Gasteiger partial charge in [-0.3, -0.25) is 0 Å². The van der Waals surface area contributed by atoms with Gasteiger partial charge in [-0.1, -0.05) is 164 Å². The Hall–Kier alpha value is -7.21. The van der Waals surface area contributed by atoms with E-state index < -0.39 is 0 Å². The first-order chi connectivity index (χ1) is 27.8. The summed E-state index contributed by atoms with van der Waals surface area (Å²) in [6, 6.07) is 65.7. The Morgan fingerprint density at radius 1 is 0.357 bits per heavy atom. The number of furan rings is 1. The molecule has 0 saturated carbocycles. The molecular weight excluding hydrogens is 703 g/mol. The summed E-state index contributed by atoms with van der Waals surface area (Å²) in [5, 5.41) is 4.75. The van der Waals surface area contributed by atoms with E-state index in [1.165, 1.54) is 25.7 Å². The van der Waals surface area contributed by atoms with Gasteiger partial charge in [-0.15, -0.1) is 11.3 Å². The van der Waals surface area contributed by atoms with Gasteiger partial charge < -0.3 is 4.42 Å². The van der Waals surface area contributed by atoms with Crippen LogP contribution >= 0.6 is 11.3 Å². The van der Waals surface area contributed by atoms with Gasteiger partial charge in [-0.25, -0.2) is 15.0 Å². The third-order valence-corrected chi connectivity index (χ3v) is 11.8.